The number of nitrogens with one attached hydrogen (secondary N) is 1. The van der Waals surface area contributed by atoms with E-state index in [1.165, 1.54) is 36.5 Å². The number of anilines is 1. The molecule has 2 rings (SSSR count). The first-order valence-electron chi connectivity index (χ1n) is 5.90. The van der Waals surface area contributed by atoms with Gasteiger partial charge in [-0.1, -0.05) is 6.07 Å². The third-order valence-electron chi connectivity index (χ3n) is 2.49. The molecule has 0 radical (unpaired) electrons. The van der Waals surface area contributed by atoms with E-state index in [0.717, 1.165) is 6.07 Å². The third-order valence-corrected chi connectivity index (χ3v) is 3.26. The Morgan fingerprint density at radius 1 is 1.38 bits per heavy atom. The number of carboxylic acids is 1. The second kappa shape index (κ2) is 6.27. The van der Waals surface area contributed by atoms with Gasteiger partial charge < -0.3 is 10.4 Å². The number of amides is 1. The van der Waals surface area contributed by atoms with E-state index in [0.29, 0.717) is 10.8 Å². The molecule has 0 fully saturated rings. The molecule has 1 aromatic heterocycles. The molecule has 0 aliphatic carbocycles. The van der Waals surface area contributed by atoms with Crippen LogP contribution in [0.1, 0.15) is 28.5 Å². The first-order valence-corrected chi connectivity index (χ1v) is 6.77. The van der Waals surface area contributed by atoms with E-state index < -0.39 is 11.8 Å². The summed E-state index contributed by atoms with van der Waals surface area (Å²) in [5.74, 6) is -2.01. The Hall–Kier alpha value is -2.54. The second-order valence-corrected chi connectivity index (χ2v) is 4.99. The topological polar surface area (TPSA) is 79.3 Å². The highest BCUT2D eigenvalue weighted by atomic mass is 32.1. The van der Waals surface area contributed by atoms with Crippen molar-refractivity contribution >= 4 is 40.5 Å². The summed E-state index contributed by atoms with van der Waals surface area (Å²) in [5, 5.41) is 13.5. The predicted octanol–water partition coefficient (Wildman–Crippen LogP) is 3.11. The number of aromatic carboxylic acids is 1. The van der Waals surface area contributed by atoms with E-state index in [-0.39, 0.29) is 17.0 Å². The zero-order valence-electron chi connectivity index (χ0n) is 11.0. The zero-order valence-corrected chi connectivity index (χ0v) is 11.8. The van der Waals surface area contributed by atoms with Crippen molar-refractivity contribution in [2.75, 3.05) is 5.32 Å². The molecule has 0 spiro atoms. The molecule has 0 aliphatic rings. The lowest BCUT2D eigenvalue weighted by Gasteiger charge is -1.98. The van der Waals surface area contributed by atoms with Crippen molar-refractivity contribution in [2.24, 2.45) is 0 Å². The smallest absolute Gasteiger partial charge is 0.335 e. The fraction of sp³-hybridized carbons (Fsp3) is 0.0714. The largest absolute Gasteiger partial charge is 0.478 e. The summed E-state index contributed by atoms with van der Waals surface area (Å²) in [6.07, 6.45) is 3.08. The number of nitrogens with zero attached hydrogens (tertiary/aromatic N) is 1. The summed E-state index contributed by atoms with van der Waals surface area (Å²) >= 11 is 1.26. The number of hydrogen-bond acceptors (Lipinski definition) is 4. The van der Waals surface area contributed by atoms with Gasteiger partial charge in [0.1, 0.15) is 5.82 Å². The van der Waals surface area contributed by atoms with Crippen molar-refractivity contribution < 1.29 is 19.1 Å². The molecule has 2 aromatic rings. The van der Waals surface area contributed by atoms with Gasteiger partial charge >= 0.3 is 5.97 Å². The van der Waals surface area contributed by atoms with Gasteiger partial charge in [0.2, 0.25) is 5.91 Å². The van der Waals surface area contributed by atoms with Gasteiger partial charge in [-0.15, -0.1) is 11.3 Å². The van der Waals surface area contributed by atoms with Gasteiger partial charge in [0, 0.05) is 17.9 Å². The Bertz CT molecular complexity index is 725. The summed E-state index contributed by atoms with van der Waals surface area (Å²) in [6.45, 7) is 1.39. The molecule has 2 N–H and O–H groups in total. The maximum atomic E-state index is 13.7. The number of aromatic nitrogens is 1. The van der Waals surface area contributed by atoms with Crippen LogP contribution in [0.15, 0.2) is 23.6 Å². The van der Waals surface area contributed by atoms with Gasteiger partial charge in [0.05, 0.1) is 11.3 Å². The number of benzene rings is 1. The van der Waals surface area contributed by atoms with Gasteiger partial charge in [-0.2, -0.15) is 0 Å². The summed E-state index contributed by atoms with van der Waals surface area (Å²) in [4.78, 5) is 25.7. The van der Waals surface area contributed by atoms with Crippen molar-refractivity contribution in [2.45, 2.75) is 6.92 Å². The standard InChI is InChI=1S/C14H11FN2O3S/c1-8(18)16-14-17-11(7-21-14)5-4-9-2-3-10(13(19)20)6-12(9)15/h2-7H,1H3,(H,19,20)(H,16,17,18). The molecule has 0 bridgehead atoms. The molecule has 21 heavy (non-hydrogen) atoms. The number of rotatable bonds is 4. The lowest BCUT2D eigenvalue weighted by Crippen LogP contribution is -2.04. The van der Waals surface area contributed by atoms with Gasteiger partial charge in [-0.3, -0.25) is 4.79 Å². The maximum Gasteiger partial charge on any atom is 0.335 e. The Labute approximate surface area is 123 Å². The van der Waals surface area contributed by atoms with Crippen LogP contribution in [0, 0.1) is 5.82 Å². The van der Waals surface area contributed by atoms with Crippen molar-refractivity contribution in [3.63, 3.8) is 0 Å². The van der Waals surface area contributed by atoms with Crippen molar-refractivity contribution in [3.8, 4) is 0 Å². The maximum absolute atomic E-state index is 13.7. The van der Waals surface area contributed by atoms with Gasteiger partial charge in [0.25, 0.3) is 0 Å². The Kier molecular flexibility index (Phi) is 4.44. The fourth-order valence-corrected chi connectivity index (χ4v) is 2.27. The van der Waals surface area contributed by atoms with Gasteiger partial charge in [-0.05, 0) is 24.3 Å². The van der Waals surface area contributed by atoms with Crippen LogP contribution in [-0.4, -0.2) is 22.0 Å². The number of carbonyl (C=O) groups is 2. The minimum atomic E-state index is -1.18. The molecule has 1 amide bonds. The number of halogens is 1. The van der Waals surface area contributed by atoms with Crippen LogP contribution in [0.2, 0.25) is 0 Å². The van der Waals surface area contributed by atoms with E-state index in [1.54, 1.807) is 11.5 Å². The molecule has 1 heterocycles. The van der Waals surface area contributed by atoms with E-state index in [1.807, 2.05) is 0 Å². The Morgan fingerprint density at radius 2 is 2.14 bits per heavy atom. The zero-order chi connectivity index (χ0) is 15.4. The SMILES string of the molecule is CC(=O)Nc1nc(C=Cc2ccc(C(=O)O)cc2F)cs1. The van der Waals surface area contributed by atoms with E-state index in [2.05, 4.69) is 10.3 Å². The van der Waals surface area contributed by atoms with Crippen LogP contribution in [0.4, 0.5) is 9.52 Å². The van der Waals surface area contributed by atoms with Crippen LogP contribution >= 0.6 is 11.3 Å². The summed E-state index contributed by atoms with van der Waals surface area (Å²) in [5.41, 5.74) is 0.728. The number of carbonyl (C=O) groups excluding carboxylic acids is 1. The molecule has 0 saturated heterocycles. The highest BCUT2D eigenvalue weighted by Gasteiger charge is 2.06. The molecule has 108 valence electrons. The minimum Gasteiger partial charge on any atom is -0.478 e. The molecule has 0 saturated carbocycles. The highest BCUT2D eigenvalue weighted by Crippen LogP contribution is 2.18. The predicted molar refractivity (Wildman–Crippen MR) is 78.7 cm³/mol. The lowest BCUT2D eigenvalue weighted by molar-refractivity contribution is -0.114. The van der Waals surface area contributed by atoms with Crippen LogP contribution in [0.3, 0.4) is 0 Å². The Morgan fingerprint density at radius 3 is 2.76 bits per heavy atom. The van der Waals surface area contributed by atoms with Crippen molar-refractivity contribution in [1.82, 2.24) is 4.98 Å². The van der Waals surface area contributed by atoms with Crippen molar-refractivity contribution in [1.29, 1.82) is 0 Å². The van der Waals surface area contributed by atoms with Crippen LogP contribution in [-0.2, 0) is 4.79 Å². The summed E-state index contributed by atoms with van der Waals surface area (Å²) in [6, 6.07) is 3.68. The highest BCUT2D eigenvalue weighted by molar-refractivity contribution is 7.14. The molecule has 0 aliphatic heterocycles. The molecule has 0 unspecified atom stereocenters. The average molecular weight is 306 g/mol. The number of carboxylic acid groups (broad SMARTS) is 1. The van der Waals surface area contributed by atoms with E-state index in [9.17, 15) is 14.0 Å². The number of hydrogen-bond donors (Lipinski definition) is 2. The molecular weight excluding hydrogens is 295 g/mol. The summed E-state index contributed by atoms with van der Waals surface area (Å²) < 4.78 is 13.7. The first kappa shape index (κ1) is 14.9. The molecule has 7 heteroatoms. The molecule has 5 nitrogen and oxygen atoms in total. The quantitative estimate of drug-likeness (QED) is 0.909. The number of thiazole rings is 1. The third kappa shape index (κ3) is 3.96. The first-order chi connectivity index (χ1) is 9.95. The average Bonchev–Trinajstić information content (AvgIpc) is 2.83. The fourth-order valence-electron chi connectivity index (χ4n) is 1.54. The molecular formula is C14H11FN2O3S. The Balaban J connectivity index is 2.15. The monoisotopic (exact) mass is 306 g/mol. The van der Waals surface area contributed by atoms with Gasteiger partial charge in [0.15, 0.2) is 5.13 Å². The van der Waals surface area contributed by atoms with E-state index >= 15 is 0 Å². The second-order valence-electron chi connectivity index (χ2n) is 4.13. The van der Waals surface area contributed by atoms with Gasteiger partial charge in [-0.25, -0.2) is 14.2 Å². The van der Waals surface area contributed by atoms with Crippen LogP contribution < -0.4 is 5.32 Å². The molecule has 0 atom stereocenters. The molecule has 1 aromatic carbocycles. The van der Waals surface area contributed by atoms with E-state index in [4.69, 9.17) is 5.11 Å². The minimum absolute atomic E-state index is 0.105. The lowest BCUT2D eigenvalue weighted by atomic mass is 10.1. The normalized spacial score (nSPS) is 10.8. The van der Waals surface area contributed by atoms with Crippen molar-refractivity contribution in [3.05, 3.63) is 46.2 Å². The van der Waals surface area contributed by atoms with Crippen LogP contribution in [0.25, 0.3) is 12.2 Å². The summed E-state index contributed by atoms with van der Waals surface area (Å²) in [7, 11) is 0. The van der Waals surface area contributed by atoms with Crippen LogP contribution in [0.5, 0.6) is 0 Å².